The second kappa shape index (κ2) is 10.1. The highest BCUT2D eigenvalue weighted by atomic mass is 32.2. The Kier molecular flexibility index (Phi) is 7.20. The predicted octanol–water partition coefficient (Wildman–Crippen LogP) is 5.48. The van der Waals surface area contributed by atoms with E-state index in [1.807, 2.05) is 6.92 Å². The molecule has 196 valence electrons. The molecule has 0 bridgehead atoms. The first-order chi connectivity index (χ1) is 17.3. The van der Waals surface area contributed by atoms with E-state index in [1.165, 1.54) is 11.1 Å². The quantitative estimate of drug-likeness (QED) is 0.343. The van der Waals surface area contributed by atoms with Crippen LogP contribution in [0.1, 0.15) is 55.2 Å². The molecule has 6 atom stereocenters. The second-order valence-electron chi connectivity index (χ2n) is 11.1. The Hall–Kier alpha value is -1.93. The molecule has 0 aliphatic heterocycles. The van der Waals surface area contributed by atoms with Crippen molar-refractivity contribution < 1.29 is 26.8 Å². The zero-order valence-corrected chi connectivity index (χ0v) is 22.6. The molecule has 0 aromatic heterocycles. The van der Waals surface area contributed by atoms with Crippen LogP contribution in [-0.2, 0) is 30.2 Å². The van der Waals surface area contributed by atoms with Gasteiger partial charge in [-0.3, -0.25) is 4.18 Å². The number of hydrogen-bond donors (Lipinski definition) is 0. The number of ether oxygens (including phenoxy) is 3. The van der Waals surface area contributed by atoms with Gasteiger partial charge in [-0.15, -0.1) is 0 Å². The maximum Gasteiger partial charge on any atom is 0.296 e. The molecule has 2 fully saturated rings. The Labute approximate surface area is 215 Å². The maximum absolute atomic E-state index is 13.0. The van der Waals surface area contributed by atoms with Gasteiger partial charge in [-0.2, -0.15) is 8.42 Å². The van der Waals surface area contributed by atoms with E-state index < -0.39 is 10.1 Å². The van der Waals surface area contributed by atoms with E-state index in [1.54, 1.807) is 38.5 Å². The Morgan fingerprint density at radius 2 is 1.83 bits per heavy atom. The third-order valence-corrected chi connectivity index (χ3v) is 10.4. The lowest BCUT2D eigenvalue weighted by Crippen LogP contribution is -2.46. The summed E-state index contributed by atoms with van der Waals surface area (Å²) in [6, 6.07) is 13.4. The normalized spacial score (nSPS) is 31.4. The highest BCUT2D eigenvalue weighted by Gasteiger charge is 2.59. The predicted molar refractivity (Wildman–Crippen MR) is 138 cm³/mol. The van der Waals surface area contributed by atoms with Crippen LogP contribution in [-0.4, -0.2) is 42.1 Å². The lowest BCUT2D eigenvalue weighted by Gasteiger charge is -2.51. The van der Waals surface area contributed by atoms with Crippen LogP contribution in [0.25, 0.3) is 0 Å². The molecule has 36 heavy (non-hydrogen) atoms. The van der Waals surface area contributed by atoms with Gasteiger partial charge >= 0.3 is 0 Å². The van der Waals surface area contributed by atoms with Crippen molar-refractivity contribution in [2.24, 2.45) is 23.2 Å². The van der Waals surface area contributed by atoms with Gasteiger partial charge in [-0.25, -0.2) is 0 Å². The number of fused-ring (bicyclic) bond motifs is 5. The van der Waals surface area contributed by atoms with Crippen LogP contribution in [0.15, 0.2) is 47.4 Å². The molecule has 3 aliphatic rings. The van der Waals surface area contributed by atoms with Gasteiger partial charge in [-0.05, 0) is 104 Å². The van der Waals surface area contributed by atoms with Crippen molar-refractivity contribution in [1.82, 2.24) is 0 Å². The fourth-order valence-corrected chi connectivity index (χ4v) is 8.41. The van der Waals surface area contributed by atoms with Crippen LogP contribution in [0.2, 0.25) is 0 Å². The SMILES string of the molecule is COCO[C@H]1C[C@H](COS(=O)(=O)c2ccc(C)cc2)[C@H]2[C@@H]3CCc4cc(OC)ccc4[C@H]3CC[C@@]21C. The molecular formula is C29H38O6S. The largest absolute Gasteiger partial charge is 0.497 e. The van der Waals surface area contributed by atoms with Crippen LogP contribution in [0, 0.1) is 30.1 Å². The minimum atomic E-state index is -3.82. The highest BCUT2D eigenvalue weighted by molar-refractivity contribution is 7.86. The first-order valence-corrected chi connectivity index (χ1v) is 14.4. The topological polar surface area (TPSA) is 71.1 Å². The standard InChI is InChI=1S/C29H38O6S/c1-19-5-9-23(10-6-19)36(30,31)35-17-21-16-27(34-18-32-3)29(2)14-13-25-24-12-8-22(33-4)15-20(24)7-11-26(25)28(21)29/h5-6,8-10,12,15,21,25-28H,7,11,13-14,16-18H2,1-4H3/t21-,25-,26-,27+,28+,29-/m1/s1. The summed E-state index contributed by atoms with van der Waals surface area (Å²) in [5.74, 6) is 2.27. The van der Waals surface area contributed by atoms with Crippen molar-refractivity contribution in [2.75, 3.05) is 27.6 Å². The molecule has 0 heterocycles. The molecule has 0 amide bonds. The van der Waals surface area contributed by atoms with Crippen molar-refractivity contribution in [2.45, 2.75) is 62.9 Å². The lowest BCUT2D eigenvalue weighted by molar-refractivity contribution is -0.125. The fraction of sp³-hybridized carbons (Fsp3) is 0.586. The van der Waals surface area contributed by atoms with E-state index in [2.05, 4.69) is 25.1 Å². The Morgan fingerprint density at radius 1 is 1.06 bits per heavy atom. The summed E-state index contributed by atoms with van der Waals surface area (Å²) in [5.41, 5.74) is 3.80. The van der Waals surface area contributed by atoms with Gasteiger partial charge < -0.3 is 14.2 Å². The first-order valence-electron chi connectivity index (χ1n) is 13.0. The van der Waals surface area contributed by atoms with E-state index in [4.69, 9.17) is 18.4 Å². The second-order valence-corrected chi connectivity index (χ2v) is 12.7. The van der Waals surface area contributed by atoms with Crippen molar-refractivity contribution in [3.63, 3.8) is 0 Å². The summed E-state index contributed by atoms with van der Waals surface area (Å²) < 4.78 is 48.7. The smallest absolute Gasteiger partial charge is 0.296 e. The van der Waals surface area contributed by atoms with Crippen molar-refractivity contribution in [1.29, 1.82) is 0 Å². The van der Waals surface area contributed by atoms with Gasteiger partial charge in [0.2, 0.25) is 0 Å². The molecule has 6 nitrogen and oxygen atoms in total. The highest BCUT2D eigenvalue weighted by Crippen LogP contribution is 2.63. The van der Waals surface area contributed by atoms with Crippen molar-refractivity contribution >= 4 is 10.1 Å². The Balaban J connectivity index is 1.42. The van der Waals surface area contributed by atoms with Gasteiger partial charge in [0.25, 0.3) is 10.1 Å². The van der Waals surface area contributed by atoms with E-state index >= 15 is 0 Å². The molecule has 3 aliphatic carbocycles. The summed E-state index contributed by atoms with van der Waals surface area (Å²) in [6.45, 7) is 4.71. The molecule has 0 saturated heterocycles. The molecule has 2 aromatic carbocycles. The average molecular weight is 515 g/mol. The number of rotatable bonds is 8. The fourth-order valence-electron chi connectivity index (χ4n) is 7.45. The van der Waals surface area contributed by atoms with Crippen LogP contribution in [0.5, 0.6) is 5.75 Å². The molecule has 7 heteroatoms. The number of benzene rings is 2. The lowest BCUT2D eigenvalue weighted by atomic mass is 9.54. The van der Waals surface area contributed by atoms with Gasteiger partial charge in [0, 0.05) is 7.11 Å². The number of methoxy groups -OCH3 is 2. The summed E-state index contributed by atoms with van der Waals surface area (Å²) in [6.07, 6.45) is 5.06. The number of aryl methyl sites for hydroxylation is 2. The molecule has 5 rings (SSSR count). The van der Waals surface area contributed by atoms with Gasteiger partial charge in [0.1, 0.15) is 12.5 Å². The summed E-state index contributed by atoms with van der Waals surface area (Å²) in [4.78, 5) is 0.211. The van der Waals surface area contributed by atoms with Crippen LogP contribution in [0.4, 0.5) is 0 Å². The minimum absolute atomic E-state index is 0.0244. The van der Waals surface area contributed by atoms with Gasteiger partial charge in [-0.1, -0.05) is 30.7 Å². The molecular weight excluding hydrogens is 476 g/mol. The van der Waals surface area contributed by atoms with Gasteiger partial charge in [0.15, 0.2) is 0 Å². The number of hydrogen-bond acceptors (Lipinski definition) is 6. The van der Waals surface area contributed by atoms with E-state index in [0.717, 1.165) is 43.4 Å². The summed E-state index contributed by atoms with van der Waals surface area (Å²) in [7, 11) is -0.460. The summed E-state index contributed by atoms with van der Waals surface area (Å²) >= 11 is 0. The van der Waals surface area contributed by atoms with E-state index in [-0.39, 0.29) is 35.7 Å². The van der Waals surface area contributed by atoms with Crippen molar-refractivity contribution in [3.05, 3.63) is 59.2 Å². The molecule has 2 saturated carbocycles. The van der Waals surface area contributed by atoms with Crippen LogP contribution >= 0.6 is 0 Å². The molecule has 0 unspecified atom stereocenters. The molecule has 0 radical (unpaired) electrons. The Bertz CT molecular complexity index is 1180. The Morgan fingerprint density at radius 3 is 2.56 bits per heavy atom. The molecule has 0 spiro atoms. The van der Waals surface area contributed by atoms with Crippen LogP contribution in [0.3, 0.4) is 0 Å². The van der Waals surface area contributed by atoms with E-state index in [0.29, 0.717) is 17.8 Å². The monoisotopic (exact) mass is 514 g/mol. The third-order valence-electron chi connectivity index (χ3n) is 9.12. The summed E-state index contributed by atoms with van der Waals surface area (Å²) in [5, 5.41) is 0. The van der Waals surface area contributed by atoms with Crippen molar-refractivity contribution in [3.8, 4) is 5.75 Å². The zero-order valence-electron chi connectivity index (χ0n) is 21.7. The van der Waals surface area contributed by atoms with E-state index in [9.17, 15) is 8.42 Å². The maximum atomic E-state index is 13.0. The third kappa shape index (κ3) is 4.60. The first kappa shape index (κ1) is 25.7. The van der Waals surface area contributed by atoms with Gasteiger partial charge in [0.05, 0.1) is 24.7 Å². The minimum Gasteiger partial charge on any atom is -0.497 e. The average Bonchev–Trinajstić information content (AvgIpc) is 3.17. The molecule has 0 N–H and O–H groups in total. The van der Waals surface area contributed by atoms with Crippen LogP contribution < -0.4 is 4.74 Å². The molecule has 2 aromatic rings. The zero-order chi connectivity index (χ0) is 25.5.